The van der Waals surface area contributed by atoms with Crippen molar-refractivity contribution < 1.29 is 18.0 Å². The van der Waals surface area contributed by atoms with Crippen molar-refractivity contribution >= 4 is 5.78 Å². The molecule has 0 radical (unpaired) electrons. The van der Waals surface area contributed by atoms with E-state index in [9.17, 15) is 18.0 Å². The van der Waals surface area contributed by atoms with Crippen LogP contribution in [0.3, 0.4) is 0 Å². The number of alkyl halides is 3. The molecule has 3 aliphatic carbocycles. The molecule has 3 rings (SSSR count). The summed E-state index contributed by atoms with van der Waals surface area (Å²) in [6.45, 7) is 4.16. The second-order valence-corrected chi connectivity index (χ2v) is 5.42. The van der Waals surface area contributed by atoms with Crippen LogP contribution in [0, 0.1) is 17.3 Å². The number of carbonyl (C=O) groups is 1. The second-order valence-electron chi connectivity index (χ2n) is 5.42. The van der Waals surface area contributed by atoms with Crippen LogP contribution in [0.25, 0.3) is 0 Å². The van der Waals surface area contributed by atoms with Crippen molar-refractivity contribution in [3.63, 3.8) is 0 Å². The number of rotatable bonds is 2. The van der Waals surface area contributed by atoms with E-state index in [1.807, 2.05) is 6.08 Å². The lowest BCUT2D eigenvalue weighted by Gasteiger charge is -2.56. The second kappa shape index (κ2) is 3.34. The predicted molar refractivity (Wildman–Crippen MR) is 53.8 cm³/mol. The molecule has 90 valence electrons. The number of carbonyl (C=O) groups excluding carboxylic acids is 1. The Kier molecular flexibility index (Phi) is 2.44. The summed E-state index contributed by atoms with van der Waals surface area (Å²) in [4.78, 5) is 10.9. The maximum absolute atomic E-state index is 12.2. The van der Waals surface area contributed by atoms with Gasteiger partial charge in [-0.3, -0.25) is 4.79 Å². The van der Waals surface area contributed by atoms with Crippen LogP contribution in [-0.2, 0) is 4.79 Å². The minimum absolute atomic E-state index is 0.0793. The molecule has 0 spiro atoms. The van der Waals surface area contributed by atoms with Gasteiger partial charge in [0.05, 0.1) is 0 Å². The molecule has 3 aliphatic rings. The van der Waals surface area contributed by atoms with Crippen LogP contribution in [0.15, 0.2) is 11.6 Å². The maximum Gasteiger partial charge on any atom is 0.450 e. The van der Waals surface area contributed by atoms with Gasteiger partial charge in [0.2, 0.25) is 5.78 Å². The zero-order chi connectivity index (χ0) is 12.1. The lowest BCUT2D eigenvalue weighted by Crippen LogP contribution is -2.48. The molecular formula is C12H15F3O. The fourth-order valence-corrected chi connectivity index (χ4v) is 2.96. The Morgan fingerprint density at radius 1 is 1.50 bits per heavy atom. The lowest BCUT2D eigenvalue weighted by molar-refractivity contribution is -0.170. The third-order valence-electron chi connectivity index (χ3n) is 4.26. The maximum atomic E-state index is 12.2. The topological polar surface area (TPSA) is 17.1 Å². The first-order valence-electron chi connectivity index (χ1n) is 5.52. The van der Waals surface area contributed by atoms with Crippen LogP contribution >= 0.6 is 0 Å². The molecule has 0 aromatic carbocycles. The Morgan fingerprint density at radius 3 is 2.56 bits per heavy atom. The molecule has 0 heterocycles. The summed E-state index contributed by atoms with van der Waals surface area (Å²) in [7, 11) is 0. The third kappa shape index (κ3) is 1.68. The van der Waals surface area contributed by atoms with Gasteiger partial charge in [-0.2, -0.15) is 13.2 Å². The van der Waals surface area contributed by atoms with Gasteiger partial charge in [0, 0.05) is 6.42 Å². The summed E-state index contributed by atoms with van der Waals surface area (Å²) < 4.78 is 36.5. The molecule has 0 amide bonds. The minimum Gasteiger partial charge on any atom is -0.289 e. The normalized spacial score (nSPS) is 31.7. The largest absolute Gasteiger partial charge is 0.450 e. The van der Waals surface area contributed by atoms with Gasteiger partial charge in [-0.15, -0.1) is 0 Å². The summed E-state index contributed by atoms with van der Waals surface area (Å²) in [6, 6.07) is 0. The van der Waals surface area contributed by atoms with Crippen molar-refractivity contribution in [2.24, 2.45) is 17.3 Å². The molecule has 0 aromatic rings. The molecule has 2 unspecified atom stereocenters. The van der Waals surface area contributed by atoms with Crippen molar-refractivity contribution in [2.75, 3.05) is 0 Å². The number of hydrogen-bond acceptors (Lipinski definition) is 1. The van der Waals surface area contributed by atoms with Gasteiger partial charge in [0.1, 0.15) is 0 Å². The SMILES string of the molecule is CC1(C)C2CC=C(CC(=O)C(F)(F)F)C1C2. The third-order valence-corrected chi connectivity index (χ3v) is 4.26. The van der Waals surface area contributed by atoms with Crippen LogP contribution in [0.1, 0.15) is 33.1 Å². The van der Waals surface area contributed by atoms with Crippen LogP contribution in [-0.4, -0.2) is 12.0 Å². The highest BCUT2D eigenvalue weighted by molar-refractivity contribution is 5.86. The average Bonchev–Trinajstić information content (AvgIpc) is 2.16. The van der Waals surface area contributed by atoms with Crippen molar-refractivity contribution in [1.82, 2.24) is 0 Å². The average molecular weight is 232 g/mol. The zero-order valence-corrected chi connectivity index (χ0v) is 9.40. The van der Waals surface area contributed by atoms with Crippen molar-refractivity contribution in [3.05, 3.63) is 11.6 Å². The molecule has 1 saturated carbocycles. The van der Waals surface area contributed by atoms with Crippen LogP contribution in [0.4, 0.5) is 13.2 Å². The Bertz CT molecular complexity index is 352. The van der Waals surface area contributed by atoms with Crippen LogP contribution < -0.4 is 0 Å². The molecule has 4 heteroatoms. The summed E-state index contributed by atoms with van der Waals surface area (Å²) in [5.74, 6) is -0.848. The molecule has 2 bridgehead atoms. The van der Waals surface area contributed by atoms with E-state index in [-0.39, 0.29) is 11.3 Å². The smallest absolute Gasteiger partial charge is 0.289 e. The first kappa shape index (κ1) is 11.7. The van der Waals surface area contributed by atoms with E-state index < -0.39 is 18.4 Å². The molecule has 1 nitrogen and oxygen atoms in total. The summed E-state index contributed by atoms with van der Waals surface area (Å²) in [6.07, 6.45) is -1.52. The molecular weight excluding hydrogens is 217 g/mol. The molecule has 2 atom stereocenters. The van der Waals surface area contributed by atoms with E-state index in [0.29, 0.717) is 11.5 Å². The van der Waals surface area contributed by atoms with Gasteiger partial charge < -0.3 is 0 Å². The number of ketones is 1. The first-order chi connectivity index (χ1) is 7.23. The lowest BCUT2D eigenvalue weighted by atomic mass is 9.48. The Hall–Kier alpha value is -0.800. The Labute approximate surface area is 92.7 Å². The fraction of sp³-hybridized carbons (Fsp3) is 0.750. The monoisotopic (exact) mass is 232 g/mol. The number of Topliss-reactive ketones (excluding diaryl/α,β-unsaturated/α-hetero) is 1. The van der Waals surface area contributed by atoms with Crippen molar-refractivity contribution in [1.29, 1.82) is 0 Å². The van der Waals surface area contributed by atoms with E-state index in [1.165, 1.54) is 0 Å². The van der Waals surface area contributed by atoms with E-state index in [1.54, 1.807) is 0 Å². The van der Waals surface area contributed by atoms with Crippen LogP contribution in [0.2, 0.25) is 0 Å². The Balaban J connectivity index is 2.08. The highest BCUT2D eigenvalue weighted by Crippen LogP contribution is 2.59. The van der Waals surface area contributed by atoms with E-state index in [2.05, 4.69) is 13.8 Å². The number of halogens is 3. The summed E-state index contributed by atoms with van der Waals surface area (Å²) >= 11 is 0. The fourth-order valence-electron chi connectivity index (χ4n) is 2.96. The number of hydrogen-bond donors (Lipinski definition) is 0. The van der Waals surface area contributed by atoms with Crippen molar-refractivity contribution in [2.45, 2.75) is 39.3 Å². The standard InChI is InChI=1S/C12H15F3O/c1-11(2)8-4-3-7(9(11)6-8)5-10(16)12(13,14)15/h3,8-9H,4-6H2,1-2H3. The number of fused-ring (bicyclic) bond motifs is 1. The van der Waals surface area contributed by atoms with E-state index in [4.69, 9.17) is 0 Å². The summed E-state index contributed by atoms with van der Waals surface area (Å²) in [5, 5.41) is 0. The molecule has 0 N–H and O–H groups in total. The van der Waals surface area contributed by atoms with Crippen molar-refractivity contribution in [3.8, 4) is 0 Å². The zero-order valence-electron chi connectivity index (χ0n) is 9.40. The quantitative estimate of drug-likeness (QED) is 0.666. The molecule has 16 heavy (non-hydrogen) atoms. The molecule has 0 aliphatic heterocycles. The van der Waals surface area contributed by atoms with E-state index in [0.717, 1.165) is 12.8 Å². The van der Waals surface area contributed by atoms with Crippen LogP contribution in [0.5, 0.6) is 0 Å². The van der Waals surface area contributed by atoms with Gasteiger partial charge in [0.25, 0.3) is 0 Å². The molecule has 1 fully saturated rings. The molecule has 0 saturated heterocycles. The molecule has 0 aromatic heterocycles. The summed E-state index contributed by atoms with van der Waals surface area (Å²) in [5.41, 5.74) is 0.783. The van der Waals surface area contributed by atoms with Gasteiger partial charge >= 0.3 is 6.18 Å². The van der Waals surface area contributed by atoms with E-state index >= 15 is 0 Å². The van der Waals surface area contributed by atoms with Gasteiger partial charge in [0.15, 0.2) is 0 Å². The highest BCUT2D eigenvalue weighted by Gasteiger charge is 2.52. The highest BCUT2D eigenvalue weighted by atomic mass is 19.4. The first-order valence-corrected chi connectivity index (χ1v) is 5.52. The number of allylic oxidation sites excluding steroid dienone is 2. The minimum atomic E-state index is -4.69. The predicted octanol–water partition coefficient (Wildman–Crippen LogP) is 3.50. The van der Waals surface area contributed by atoms with Gasteiger partial charge in [-0.05, 0) is 30.1 Å². The van der Waals surface area contributed by atoms with Gasteiger partial charge in [-0.25, -0.2) is 0 Å². The Morgan fingerprint density at radius 2 is 2.12 bits per heavy atom. The van der Waals surface area contributed by atoms with Gasteiger partial charge in [-0.1, -0.05) is 25.5 Å².